The molecule has 160 valence electrons. The zero-order chi connectivity index (χ0) is 22.1. The van der Waals surface area contributed by atoms with Crippen molar-refractivity contribution in [3.8, 4) is 0 Å². The number of sulfonamides is 1. The van der Waals surface area contributed by atoms with Gasteiger partial charge in [0.25, 0.3) is 10.0 Å². The molecule has 0 aliphatic carbocycles. The Morgan fingerprint density at radius 1 is 1.10 bits per heavy atom. The maximum atomic E-state index is 13.6. The lowest BCUT2D eigenvalue weighted by molar-refractivity contribution is 0.0696. The van der Waals surface area contributed by atoms with E-state index in [0.717, 1.165) is 16.5 Å². The van der Waals surface area contributed by atoms with Crippen molar-refractivity contribution >= 4 is 42.4 Å². The molecule has 30 heavy (non-hydrogen) atoms. The Balaban J connectivity index is 2.21. The lowest BCUT2D eigenvalue weighted by Gasteiger charge is -2.28. The number of rotatable bonds is 8. The van der Waals surface area contributed by atoms with Crippen LogP contribution in [0.3, 0.4) is 0 Å². The van der Waals surface area contributed by atoms with Gasteiger partial charge in [0, 0.05) is 22.2 Å². The summed E-state index contributed by atoms with van der Waals surface area (Å²) in [5.41, 5.74) is -0.653. The van der Waals surface area contributed by atoms with Gasteiger partial charge in [-0.25, -0.2) is 13.2 Å². The highest BCUT2D eigenvalue weighted by atomic mass is 32.2. The standard InChI is InChI=1S/C22H25NO5S2/c1-4-5-14-23(30(27,28)16-12-10-15(11-13-16)21(24)25)20-19(22(2,3)26)17-8-6-7-9-18(17)29-20/h6-13,26H,4-5,14H2,1-3H3,(H,24,25). The molecule has 3 aromatic rings. The summed E-state index contributed by atoms with van der Waals surface area (Å²) in [5, 5.41) is 21.3. The molecule has 3 rings (SSSR count). The van der Waals surface area contributed by atoms with E-state index in [1.165, 1.54) is 39.9 Å². The zero-order valence-corrected chi connectivity index (χ0v) is 18.8. The molecule has 0 bridgehead atoms. The fraction of sp³-hybridized carbons (Fsp3) is 0.318. The maximum Gasteiger partial charge on any atom is 0.335 e. The second-order valence-electron chi connectivity index (χ2n) is 7.60. The van der Waals surface area contributed by atoms with Crippen molar-refractivity contribution in [2.24, 2.45) is 0 Å². The van der Waals surface area contributed by atoms with E-state index in [2.05, 4.69) is 0 Å². The van der Waals surface area contributed by atoms with Crippen LogP contribution in [0, 0.1) is 0 Å². The number of carboxylic acids is 1. The number of fused-ring (bicyclic) bond motifs is 1. The summed E-state index contributed by atoms with van der Waals surface area (Å²) < 4.78 is 29.4. The summed E-state index contributed by atoms with van der Waals surface area (Å²) in [6.07, 6.45) is 1.44. The van der Waals surface area contributed by atoms with Crippen molar-refractivity contribution in [1.29, 1.82) is 0 Å². The van der Waals surface area contributed by atoms with Crippen LogP contribution >= 0.6 is 11.3 Å². The van der Waals surface area contributed by atoms with Gasteiger partial charge < -0.3 is 10.2 Å². The second-order valence-corrected chi connectivity index (χ2v) is 10.5. The van der Waals surface area contributed by atoms with Gasteiger partial charge in [0.2, 0.25) is 0 Å². The zero-order valence-electron chi connectivity index (χ0n) is 17.1. The largest absolute Gasteiger partial charge is 0.478 e. The molecule has 0 aliphatic rings. The van der Waals surface area contributed by atoms with Gasteiger partial charge in [-0.1, -0.05) is 31.5 Å². The molecule has 1 aromatic heterocycles. The van der Waals surface area contributed by atoms with Gasteiger partial charge in [-0.05, 0) is 50.6 Å². The summed E-state index contributed by atoms with van der Waals surface area (Å²) in [5.74, 6) is -1.12. The fourth-order valence-corrected chi connectivity index (χ4v) is 6.44. The van der Waals surface area contributed by atoms with E-state index in [0.29, 0.717) is 17.0 Å². The molecular weight excluding hydrogens is 422 g/mol. The molecule has 0 atom stereocenters. The minimum absolute atomic E-state index is 0.0164. The van der Waals surface area contributed by atoms with Crippen LogP contribution in [0.2, 0.25) is 0 Å². The minimum atomic E-state index is -3.96. The van der Waals surface area contributed by atoms with Crippen LogP contribution < -0.4 is 4.31 Å². The lowest BCUT2D eigenvalue weighted by atomic mass is 9.97. The van der Waals surface area contributed by atoms with E-state index in [-0.39, 0.29) is 17.0 Å². The maximum absolute atomic E-state index is 13.6. The Morgan fingerprint density at radius 3 is 2.30 bits per heavy atom. The molecule has 0 saturated heterocycles. The first-order valence-corrected chi connectivity index (χ1v) is 11.9. The van der Waals surface area contributed by atoms with Crippen molar-refractivity contribution in [2.45, 2.75) is 44.1 Å². The summed E-state index contributed by atoms with van der Waals surface area (Å²) >= 11 is 1.33. The van der Waals surface area contributed by atoms with Gasteiger partial charge in [-0.2, -0.15) is 0 Å². The third-order valence-corrected chi connectivity index (χ3v) is 7.94. The van der Waals surface area contributed by atoms with Crippen LogP contribution in [0.1, 0.15) is 49.5 Å². The van der Waals surface area contributed by atoms with E-state index < -0.39 is 21.6 Å². The summed E-state index contributed by atoms with van der Waals surface area (Å²) in [6, 6.07) is 12.7. The first-order chi connectivity index (χ1) is 14.1. The van der Waals surface area contributed by atoms with Gasteiger partial charge >= 0.3 is 5.97 Å². The normalized spacial score (nSPS) is 12.3. The summed E-state index contributed by atoms with van der Waals surface area (Å²) in [6.45, 7) is 5.54. The number of carboxylic acid groups (broad SMARTS) is 1. The van der Waals surface area contributed by atoms with Crippen LogP contribution in [0.4, 0.5) is 5.00 Å². The van der Waals surface area contributed by atoms with E-state index in [9.17, 15) is 18.3 Å². The number of anilines is 1. The van der Waals surface area contributed by atoms with Gasteiger partial charge in [0.05, 0.1) is 16.1 Å². The monoisotopic (exact) mass is 447 g/mol. The van der Waals surface area contributed by atoms with Crippen molar-refractivity contribution in [3.63, 3.8) is 0 Å². The number of aromatic carboxylic acids is 1. The molecule has 0 amide bonds. The summed E-state index contributed by atoms with van der Waals surface area (Å²) in [7, 11) is -3.96. The Kier molecular flexibility index (Phi) is 6.21. The molecule has 0 fully saturated rings. The number of unbranched alkanes of at least 4 members (excludes halogenated alkanes) is 1. The van der Waals surface area contributed by atoms with Crippen molar-refractivity contribution in [3.05, 3.63) is 59.7 Å². The number of carbonyl (C=O) groups is 1. The first-order valence-electron chi connectivity index (χ1n) is 9.68. The van der Waals surface area contributed by atoms with Gasteiger partial charge in [0.1, 0.15) is 5.00 Å². The molecule has 6 nitrogen and oxygen atoms in total. The van der Waals surface area contributed by atoms with Crippen LogP contribution in [-0.4, -0.2) is 31.1 Å². The van der Waals surface area contributed by atoms with Crippen molar-refractivity contribution in [1.82, 2.24) is 0 Å². The molecule has 1 heterocycles. The average Bonchev–Trinajstić information content (AvgIpc) is 3.07. The average molecular weight is 448 g/mol. The van der Waals surface area contributed by atoms with E-state index in [4.69, 9.17) is 5.11 Å². The van der Waals surface area contributed by atoms with Crippen molar-refractivity contribution in [2.75, 3.05) is 10.8 Å². The highest BCUT2D eigenvalue weighted by Gasteiger charge is 2.34. The van der Waals surface area contributed by atoms with Crippen LogP contribution in [0.5, 0.6) is 0 Å². The molecule has 0 unspecified atom stereocenters. The van der Waals surface area contributed by atoms with Gasteiger partial charge in [0.15, 0.2) is 0 Å². The van der Waals surface area contributed by atoms with E-state index in [1.807, 2.05) is 31.2 Å². The molecule has 8 heteroatoms. The number of thiophene rings is 1. The van der Waals surface area contributed by atoms with Crippen LogP contribution in [-0.2, 0) is 15.6 Å². The predicted molar refractivity (Wildman–Crippen MR) is 120 cm³/mol. The molecule has 0 radical (unpaired) electrons. The molecule has 0 spiro atoms. The summed E-state index contributed by atoms with van der Waals surface area (Å²) in [4.78, 5) is 11.1. The smallest absolute Gasteiger partial charge is 0.335 e. The minimum Gasteiger partial charge on any atom is -0.478 e. The fourth-order valence-electron chi connectivity index (χ4n) is 3.33. The number of benzene rings is 2. The third-order valence-electron chi connectivity index (χ3n) is 4.82. The van der Waals surface area contributed by atoms with Crippen LogP contribution in [0.15, 0.2) is 53.4 Å². The Labute approximate surface area is 180 Å². The Morgan fingerprint density at radius 2 is 1.73 bits per heavy atom. The number of aliphatic hydroxyl groups is 1. The lowest BCUT2D eigenvalue weighted by Crippen LogP contribution is -2.33. The second kappa shape index (κ2) is 8.37. The molecule has 0 saturated carbocycles. The van der Waals surface area contributed by atoms with Gasteiger partial charge in [-0.3, -0.25) is 4.31 Å². The van der Waals surface area contributed by atoms with Crippen LogP contribution in [0.25, 0.3) is 10.1 Å². The Bertz CT molecular complexity index is 1160. The molecular formula is C22H25NO5S2. The SMILES string of the molecule is CCCCN(c1sc2ccccc2c1C(C)(C)O)S(=O)(=O)c1ccc(C(=O)O)cc1. The van der Waals surface area contributed by atoms with E-state index in [1.54, 1.807) is 13.8 Å². The third kappa shape index (κ3) is 4.21. The molecule has 0 aliphatic heterocycles. The van der Waals surface area contributed by atoms with Gasteiger partial charge in [-0.15, -0.1) is 11.3 Å². The Hall–Kier alpha value is -2.42. The van der Waals surface area contributed by atoms with E-state index >= 15 is 0 Å². The molecule has 2 N–H and O–H groups in total. The topological polar surface area (TPSA) is 94.9 Å². The highest BCUT2D eigenvalue weighted by molar-refractivity contribution is 7.93. The molecule has 2 aromatic carbocycles. The first kappa shape index (κ1) is 22.3. The number of nitrogens with zero attached hydrogens (tertiary/aromatic N) is 1. The van der Waals surface area contributed by atoms with Crippen molar-refractivity contribution < 1.29 is 23.4 Å². The highest BCUT2D eigenvalue weighted by Crippen LogP contribution is 2.45. The number of hydrogen-bond acceptors (Lipinski definition) is 5. The quantitative estimate of drug-likeness (QED) is 0.516. The predicted octanol–water partition coefficient (Wildman–Crippen LogP) is 4.82. The number of hydrogen-bond donors (Lipinski definition) is 2.